The maximum absolute atomic E-state index is 12.3. The van der Waals surface area contributed by atoms with Gasteiger partial charge in [0.2, 0.25) is 5.95 Å². The van der Waals surface area contributed by atoms with Crippen molar-refractivity contribution in [2.75, 3.05) is 50.4 Å². The van der Waals surface area contributed by atoms with E-state index in [2.05, 4.69) is 20.5 Å². The predicted octanol–water partition coefficient (Wildman–Crippen LogP) is 1.77. The smallest absolute Gasteiger partial charge is 0.225 e. The SMILES string of the molecule is CS(=O)(=O)c1cnc(N2CCC3(CCNCC3)C2)nc1C1CCCNC1.Cl.Cl. The quantitative estimate of drug-likeness (QED) is 0.723. The lowest BCUT2D eigenvalue weighted by atomic mass is 9.78. The summed E-state index contributed by atoms with van der Waals surface area (Å²) in [7, 11) is -3.33. The summed E-state index contributed by atoms with van der Waals surface area (Å²) in [5.74, 6) is 0.846. The molecular formula is C18H31Cl2N5O2S. The maximum atomic E-state index is 12.3. The molecular weight excluding hydrogens is 421 g/mol. The van der Waals surface area contributed by atoms with Crippen LogP contribution >= 0.6 is 24.8 Å². The Morgan fingerprint density at radius 3 is 2.54 bits per heavy atom. The van der Waals surface area contributed by atoms with Crippen molar-refractivity contribution in [2.24, 2.45) is 5.41 Å². The molecule has 3 saturated heterocycles. The maximum Gasteiger partial charge on any atom is 0.225 e. The molecule has 7 nitrogen and oxygen atoms in total. The molecule has 0 amide bonds. The molecule has 0 aliphatic carbocycles. The van der Waals surface area contributed by atoms with Crippen LogP contribution in [0.2, 0.25) is 0 Å². The average molecular weight is 452 g/mol. The Kier molecular flexibility index (Phi) is 7.95. The second-order valence-corrected chi connectivity index (χ2v) is 10.1. The topological polar surface area (TPSA) is 87.2 Å². The summed E-state index contributed by atoms with van der Waals surface area (Å²) >= 11 is 0. The highest BCUT2D eigenvalue weighted by atomic mass is 35.5. The number of nitrogens with one attached hydrogen (secondary N) is 2. The van der Waals surface area contributed by atoms with Gasteiger partial charge in [0.1, 0.15) is 4.90 Å². The van der Waals surface area contributed by atoms with Gasteiger partial charge in [0.05, 0.1) is 11.9 Å². The number of hydrogen-bond acceptors (Lipinski definition) is 7. The van der Waals surface area contributed by atoms with E-state index in [1.54, 1.807) is 0 Å². The number of anilines is 1. The fourth-order valence-electron chi connectivity index (χ4n) is 4.66. The zero-order valence-electron chi connectivity index (χ0n) is 16.3. The molecule has 0 saturated carbocycles. The normalized spacial score (nSPS) is 24.5. The number of piperidine rings is 2. The first-order valence-corrected chi connectivity index (χ1v) is 11.6. The van der Waals surface area contributed by atoms with E-state index in [-0.39, 0.29) is 30.7 Å². The highest BCUT2D eigenvalue weighted by Crippen LogP contribution is 2.40. The van der Waals surface area contributed by atoms with Gasteiger partial charge in [-0.1, -0.05) is 0 Å². The van der Waals surface area contributed by atoms with Gasteiger partial charge in [-0.05, 0) is 57.2 Å². The Balaban J connectivity index is 0.00000140. The first kappa shape index (κ1) is 23.6. The number of aromatic nitrogens is 2. The van der Waals surface area contributed by atoms with E-state index in [1.807, 2.05) is 0 Å². The van der Waals surface area contributed by atoms with Gasteiger partial charge in [0.15, 0.2) is 9.84 Å². The third-order valence-electron chi connectivity index (χ3n) is 6.24. The zero-order chi connectivity index (χ0) is 18.2. The average Bonchev–Trinajstić information content (AvgIpc) is 3.05. The van der Waals surface area contributed by atoms with E-state index in [0.717, 1.165) is 52.1 Å². The second kappa shape index (κ2) is 9.43. The third kappa shape index (κ3) is 4.90. The van der Waals surface area contributed by atoms with Gasteiger partial charge >= 0.3 is 0 Å². The van der Waals surface area contributed by atoms with Gasteiger partial charge in [-0.25, -0.2) is 18.4 Å². The number of sulfone groups is 1. The van der Waals surface area contributed by atoms with Gasteiger partial charge in [-0.15, -0.1) is 24.8 Å². The Morgan fingerprint density at radius 1 is 1.14 bits per heavy atom. The van der Waals surface area contributed by atoms with Crippen molar-refractivity contribution in [3.8, 4) is 0 Å². The summed E-state index contributed by atoms with van der Waals surface area (Å²) < 4.78 is 24.5. The van der Waals surface area contributed by atoms with E-state index in [0.29, 0.717) is 22.0 Å². The summed E-state index contributed by atoms with van der Waals surface area (Å²) in [4.78, 5) is 11.8. The number of hydrogen-bond donors (Lipinski definition) is 2. The Hall–Kier alpha value is -0.670. The van der Waals surface area contributed by atoms with E-state index in [1.165, 1.54) is 31.7 Å². The highest BCUT2D eigenvalue weighted by molar-refractivity contribution is 7.90. The lowest BCUT2D eigenvalue weighted by molar-refractivity contribution is 0.232. The van der Waals surface area contributed by atoms with Gasteiger partial charge < -0.3 is 15.5 Å². The molecule has 3 fully saturated rings. The summed E-state index contributed by atoms with van der Waals surface area (Å²) in [6.45, 7) is 5.89. The molecule has 4 heterocycles. The summed E-state index contributed by atoms with van der Waals surface area (Å²) in [5.41, 5.74) is 1.08. The van der Waals surface area contributed by atoms with Crippen molar-refractivity contribution in [1.29, 1.82) is 0 Å². The molecule has 1 aromatic rings. The van der Waals surface area contributed by atoms with Crippen molar-refractivity contribution >= 4 is 40.6 Å². The van der Waals surface area contributed by atoms with Crippen molar-refractivity contribution < 1.29 is 8.42 Å². The molecule has 1 atom stereocenters. The standard InChI is InChI=1S/C18H29N5O2S.2ClH/c1-26(24,25)15-12-21-17(22-16(15)14-3-2-7-20-11-14)23-10-6-18(13-23)4-8-19-9-5-18;;/h12,14,19-20H,2-11,13H2,1H3;2*1H. The largest absolute Gasteiger partial charge is 0.340 e. The van der Waals surface area contributed by atoms with Crippen LogP contribution in [0.15, 0.2) is 11.1 Å². The molecule has 0 radical (unpaired) electrons. The first-order valence-electron chi connectivity index (χ1n) is 9.70. The van der Waals surface area contributed by atoms with Crippen LogP contribution in [0.25, 0.3) is 0 Å². The first-order chi connectivity index (χ1) is 12.5. The van der Waals surface area contributed by atoms with Crippen molar-refractivity contribution in [3.63, 3.8) is 0 Å². The fraction of sp³-hybridized carbons (Fsp3) is 0.778. The molecule has 1 spiro atoms. The van der Waals surface area contributed by atoms with Crippen molar-refractivity contribution in [3.05, 3.63) is 11.9 Å². The Morgan fingerprint density at radius 2 is 1.89 bits per heavy atom. The number of nitrogens with zero attached hydrogens (tertiary/aromatic N) is 3. The molecule has 1 unspecified atom stereocenters. The van der Waals surface area contributed by atoms with Crippen LogP contribution in [0.5, 0.6) is 0 Å². The molecule has 3 aliphatic heterocycles. The van der Waals surface area contributed by atoms with Crippen LogP contribution in [0.4, 0.5) is 5.95 Å². The summed E-state index contributed by atoms with van der Waals surface area (Å²) in [5, 5.41) is 6.82. The molecule has 28 heavy (non-hydrogen) atoms. The van der Waals surface area contributed by atoms with Crippen LogP contribution in [0.1, 0.15) is 43.7 Å². The van der Waals surface area contributed by atoms with Crippen LogP contribution in [-0.4, -0.2) is 63.9 Å². The zero-order valence-corrected chi connectivity index (χ0v) is 18.8. The number of rotatable bonds is 3. The van der Waals surface area contributed by atoms with Crippen LogP contribution in [-0.2, 0) is 9.84 Å². The van der Waals surface area contributed by atoms with E-state index < -0.39 is 9.84 Å². The van der Waals surface area contributed by atoms with Crippen LogP contribution < -0.4 is 15.5 Å². The predicted molar refractivity (Wildman–Crippen MR) is 116 cm³/mol. The Bertz CT molecular complexity index is 765. The van der Waals surface area contributed by atoms with E-state index in [4.69, 9.17) is 4.98 Å². The summed E-state index contributed by atoms with van der Waals surface area (Å²) in [6.07, 6.45) is 8.38. The molecule has 2 N–H and O–H groups in total. The lowest BCUT2D eigenvalue weighted by Crippen LogP contribution is -2.39. The fourth-order valence-corrected chi connectivity index (χ4v) is 5.50. The molecule has 0 aromatic carbocycles. The van der Waals surface area contributed by atoms with Gasteiger partial charge in [0.25, 0.3) is 0 Å². The van der Waals surface area contributed by atoms with Gasteiger partial charge in [-0.3, -0.25) is 0 Å². The number of halogens is 2. The third-order valence-corrected chi connectivity index (χ3v) is 7.35. The lowest BCUT2D eigenvalue weighted by Gasteiger charge is -2.33. The molecule has 1 aromatic heterocycles. The Labute approximate surface area is 180 Å². The molecule has 160 valence electrons. The molecule has 10 heteroatoms. The highest BCUT2D eigenvalue weighted by Gasteiger charge is 2.40. The van der Waals surface area contributed by atoms with Crippen molar-refractivity contribution in [2.45, 2.75) is 42.9 Å². The molecule has 0 bridgehead atoms. The summed E-state index contributed by atoms with van der Waals surface area (Å²) in [6, 6.07) is 0. The van der Waals surface area contributed by atoms with Gasteiger partial charge in [0, 0.05) is 31.8 Å². The van der Waals surface area contributed by atoms with E-state index >= 15 is 0 Å². The molecule has 3 aliphatic rings. The van der Waals surface area contributed by atoms with Crippen LogP contribution in [0, 0.1) is 5.41 Å². The minimum absolute atomic E-state index is 0. The van der Waals surface area contributed by atoms with Crippen molar-refractivity contribution in [1.82, 2.24) is 20.6 Å². The van der Waals surface area contributed by atoms with Crippen LogP contribution in [0.3, 0.4) is 0 Å². The minimum atomic E-state index is -3.33. The second-order valence-electron chi connectivity index (χ2n) is 8.16. The monoisotopic (exact) mass is 451 g/mol. The minimum Gasteiger partial charge on any atom is -0.340 e. The molecule has 4 rings (SSSR count). The van der Waals surface area contributed by atoms with E-state index in [9.17, 15) is 8.42 Å². The van der Waals surface area contributed by atoms with Gasteiger partial charge in [-0.2, -0.15) is 0 Å².